The van der Waals surface area contributed by atoms with Crippen molar-refractivity contribution in [1.82, 2.24) is 5.32 Å². The summed E-state index contributed by atoms with van der Waals surface area (Å²) in [7, 11) is 0. The second-order valence-corrected chi connectivity index (χ2v) is 5.86. The summed E-state index contributed by atoms with van der Waals surface area (Å²) in [5.74, 6) is -1.85. The molecular formula is C18H18FN3O5. The van der Waals surface area contributed by atoms with E-state index in [0.29, 0.717) is 5.56 Å². The Hall–Kier alpha value is -3.49. The first-order chi connectivity index (χ1) is 12.7. The van der Waals surface area contributed by atoms with Gasteiger partial charge in [-0.2, -0.15) is 0 Å². The molecule has 2 aromatic carbocycles. The summed E-state index contributed by atoms with van der Waals surface area (Å²) in [5, 5.41) is 13.5. The molecular weight excluding hydrogens is 357 g/mol. The molecule has 9 heteroatoms. The van der Waals surface area contributed by atoms with Crippen molar-refractivity contribution in [2.75, 3.05) is 5.73 Å². The number of nitrogen functional groups attached to an aromatic ring is 1. The molecule has 0 spiro atoms. The zero-order valence-electron chi connectivity index (χ0n) is 14.6. The minimum Gasteiger partial charge on any atom is -0.449 e. The van der Waals surface area contributed by atoms with Crippen LogP contribution in [0.15, 0.2) is 42.5 Å². The van der Waals surface area contributed by atoms with Crippen molar-refractivity contribution in [2.24, 2.45) is 0 Å². The van der Waals surface area contributed by atoms with E-state index in [1.54, 1.807) is 6.92 Å². The standard InChI is InChI=1S/C18H18FN3O5/c1-10(12-3-6-14(19)7-4-12)21-17(23)11(2)27-18(24)13-5-8-15(20)16(9-13)22(25)26/h3-11H,20H2,1-2H3,(H,21,23)/t10-,11+/m0/s1. The van der Waals surface area contributed by atoms with Crippen LogP contribution in [0.5, 0.6) is 0 Å². The van der Waals surface area contributed by atoms with E-state index in [9.17, 15) is 24.1 Å². The van der Waals surface area contributed by atoms with Crippen LogP contribution in [0.2, 0.25) is 0 Å². The molecule has 0 heterocycles. The van der Waals surface area contributed by atoms with Crippen molar-refractivity contribution in [3.63, 3.8) is 0 Å². The number of halogens is 1. The lowest BCUT2D eigenvalue weighted by atomic mass is 10.1. The molecule has 1 amide bonds. The van der Waals surface area contributed by atoms with E-state index in [1.165, 1.54) is 43.3 Å². The van der Waals surface area contributed by atoms with E-state index in [1.807, 2.05) is 0 Å². The number of nitro benzene ring substituents is 1. The quantitative estimate of drug-likeness (QED) is 0.346. The monoisotopic (exact) mass is 375 g/mol. The van der Waals surface area contributed by atoms with Crippen LogP contribution in [-0.2, 0) is 9.53 Å². The lowest BCUT2D eigenvalue weighted by molar-refractivity contribution is -0.383. The number of hydrogen-bond acceptors (Lipinski definition) is 6. The Kier molecular flexibility index (Phi) is 6.07. The molecule has 0 unspecified atom stereocenters. The highest BCUT2D eigenvalue weighted by atomic mass is 19.1. The van der Waals surface area contributed by atoms with E-state index in [4.69, 9.17) is 10.5 Å². The third kappa shape index (κ3) is 5.00. The molecule has 0 radical (unpaired) electrons. The van der Waals surface area contributed by atoms with Gasteiger partial charge in [-0.1, -0.05) is 12.1 Å². The zero-order chi connectivity index (χ0) is 20.1. The molecule has 142 valence electrons. The van der Waals surface area contributed by atoms with Crippen LogP contribution in [0, 0.1) is 15.9 Å². The van der Waals surface area contributed by atoms with Gasteiger partial charge in [-0.15, -0.1) is 0 Å². The van der Waals surface area contributed by atoms with Crippen molar-refractivity contribution in [2.45, 2.75) is 26.0 Å². The average Bonchev–Trinajstić information content (AvgIpc) is 2.62. The summed E-state index contributed by atoms with van der Waals surface area (Å²) < 4.78 is 18.0. The SMILES string of the molecule is C[C@H](NC(=O)[C@@H](C)OC(=O)c1ccc(N)c([N+](=O)[O-])c1)c1ccc(F)cc1. The molecule has 0 aliphatic heterocycles. The van der Waals surface area contributed by atoms with E-state index < -0.39 is 40.5 Å². The molecule has 0 bridgehead atoms. The number of rotatable bonds is 6. The second-order valence-electron chi connectivity index (χ2n) is 5.86. The summed E-state index contributed by atoms with van der Waals surface area (Å²) in [5.41, 5.74) is 5.55. The van der Waals surface area contributed by atoms with Gasteiger partial charge in [0.05, 0.1) is 16.5 Å². The molecule has 2 rings (SSSR count). The van der Waals surface area contributed by atoms with E-state index >= 15 is 0 Å². The number of anilines is 1. The predicted molar refractivity (Wildman–Crippen MR) is 95.3 cm³/mol. The van der Waals surface area contributed by atoms with E-state index in [-0.39, 0.29) is 11.3 Å². The van der Waals surface area contributed by atoms with Crippen LogP contribution in [0.1, 0.15) is 35.8 Å². The van der Waals surface area contributed by atoms with Gasteiger partial charge < -0.3 is 15.8 Å². The number of hydrogen-bond donors (Lipinski definition) is 2. The first kappa shape index (κ1) is 19.8. The molecule has 3 N–H and O–H groups in total. The summed E-state index contributed by atoms with van der Waals surface area (Å²) in [6.07, 6.45) is -1.14. The highest BCUT2D eigenvalue weighted by Crippen LogP contribution is 2.23. The van der Waals surface area contributed by atoms with Crippen LogP contribution >= 0.6 is 0 Å². The van der Waals surface area contributed by atoms with Gasteiger partial charge >= 0.3 is 5.97 Å². The third-order valence-corrected chi connectivity index (χ3v) is 3.84. The molecule has 0 aromatic heterocycles. The maximum Gasteiger partial charge on any atom is 0.339 e. The van der Waals surface area contributed by atoms with Crippen LogP contribution < -0.4 is 11.1 Å². The number of amides is 1. The fourth-order valence-corrected chi connectivity index (χ4v) is 2.28. The van der Waals surface area contributed by atoms with Gasteiger partial charge in [-0.05, 0) is 43.7 Å². The van der Waals surface area contributed by atoms with Crippen molar-refractivity contribution in [1.29, 1.82) is 0 Å². The molecule has 2 aromatic rings. The molecule has 0 aliphatic carbocycles. The number of benzene rings is 2. The average molecular weight is 375 g/mol. The van der Waals surface area contributed by atoms with Gasteiger partial charge in [0, 0.05) is 6.07 Å². The first-order valence-electron chi connectivity index (χ1n) is 7.99. The number of ether oxygens (including phenoxy) is 1. The molecule has 0 saturated carbocycles. The summed E-state index contributed by atoms with van der Waals surface area (Å²) in [6.45, 7) is 3.07. The fourth-order valence-electron chi connectivity index (χ4n) is 2.28. The fraction of sp³-hybridized carbons (Fsp3) is 0.222. The normalized spacial score (nSPS) is 12.7. The van der Waals surface area contributed by atoms with Gasteiger partial charge in [-0.3, -0.25) is 14.9 Å². The Morgan fingerprint density at radius 2 is 1.81 bits per heavy atom. The Labute approximate surface area is 154 Å². The Bertz CT molecular complexity index is 870. The topological polar surface area (TPSA) is 125 Å². The highest BCUT2D eigenvalue weighted by Gasteiger charge is 2.23. The van der Waals surface area contributed by atoms with Gasteiger partial charge in [0.25, 0.3) is 11.6 Å². The minimum atomic E-state index is -1.14. The molecule has 0 saturated heterocycles. The first-order valence-corrected chi connectivity index (χ1v) is 7.99. The predicted octanol–water partition coefficient (Wildman–Crippen LogP) is 2.74. The number of carbonyl (C=O) groups excluding carboxylic acids is 2. The van der Waals surface area contributed by atoms with Gasteiger partial charge in [0.1, 0.15) is 11.5 Å². The number of nitro groups is 1. The highest BCUT2D eigenvalue weighted by molar-refractivity contribution is 5.93. The van der Waals surface area contributed by atoms with Crippen LogP contribution in [-0.4, -0.2) is 22.9 Å². The summed E-state index contributed by atoms with van der Waals surface area (Å²) in [4.78, 5) is 34.5. The lowest BCUT2D eigenvalue weighted by Gasteiger charge is -2.18. The lowest BCUT2D eigenvalue weighted by Crippen LogP contribution is -2.37. The van der Waals surface area contributed by atoms with Crippen molar-refractivity contribution in [3.05, 3.63) is 69.5 Å². The Morgan fingerprint density at radius 3 is 2.41 bits per heavy atom. The summed E-state index contributed by atoms with van der Waals surface area (Å²) in [6, 6.07) is 8.66. The zero-order valence-corrected chi connectivity index (χ0v) is 14.6. The minimum absolute atomic E-state index is 0.0875. The number of carbonyl (C=O) groups is 2. The van der Waals surface area contributed by atoms with Crippen molar-refractivity contribution < 1.29 is 23.6 Å². The molecule has 8 nitrogen and oxygen atoms in total. The van der Waals surface area contributed by atoms with Crippen LogP contribution in [0.4, 0.5) is 15.8 Å². The molecule has 2 atom stereocenters. The van der Waals surface area contributed by atoms with Gasteiger partial charge in [-0.25, -0.2) is 9.18 Å². The van der Waals surface area contributed by atoms with Crippen LogP contribution in [0.3, 0.4) is 0 Å². The maximum atomic E-state index is 13.0. The third-order valence-electron chi connectivity index (χ3n) is 3.84. The Balaban J connectivity index is 2.01. The van der Waals surface area contributed by atoms with Gasteiger partial charge in [0.2, 0.25) is 0 Å². The number of nitrogens with two attached hydrogens (primary N) is 1. The van der Waals surface area contributed by atoms with Crippen LogP contribution in [0.25, 0.3) is 0 Å². The Morgan fingerprint density at radius 1 is 1.19 bits per heavy atom. The van der Waals surface area contributed by atoms with E-state index in [2.05, 4.69) is 5.32 Å². The smallest absolute Gasteiger partial charge is 0.339 e. The number of nitrogens with one attached hydrogen (secondary N) is 1. The van der Waals surface area contributed by atoms with Gasteiger partial charge in [0.15, 0.2) is 6.10 Å². The molecule has 0 aliphatic rings. The molecule has 27 heavy (non-hydrogen) atoms. The van der Waals surface area contributed by atoms with Crippen molar-refractivity contribution >= 4 is 23.3 Å². The number of nitrogens with zero attached hydrogens (tertiary/aromatic N) is 1. The molecule has 0 fully saturated rings. The largest absolute Gasteiger partial charge is 0.449 e. The van der Waals surface area contributed by atoms with Crippen molar-refractivity contribution in [3.8, 4) is 0 Å². The summed E-state index contributed by atoms with van der Waals surface area (Å²) >= 11 is 0. The maximum absolute atomic E-state index is 13.0. The second kappa shape index (κ2) is 8.26. The number of esters is 1. The van der Waals surface area contributed by atoms with E-state index in [0.717, 1.165) is 6.07 Å².